The van der Waals surface area contributed by atoms with Crippen LogP contribution < -0.4 is 0 Å². The van der Waals surface area contributed by atoms with Gasteiger partial charge in [-0.2, -0.15) is 11.3 Å². The number of halogens is 1. The molecule has 0 radical (unpaired) electrons. The van der Waals surface area contributed by atoms with E-state index in [-0.39, 0.29) is 11.6 Å². The zero-order valence-electron chi connectivity index (χ0n) is 15.0. The first-order valence-electron chi connectivity index (χ1n) is 8.58. The van der Waals surface area contributed by atoms with Gasteiger partial charge < -0.3 is 14.4 Å². The molecule has 1 saturated heterocycles. The van der Waals surface area contributed by atoms with Crippen molar-refractivity contribution in [3.8, 4) is 0 Å². The lowest BCUT2D eigenvalue weighted by atomic mass is 9.69. The predicted molar refractivity (Wildman–Crippen MR) is 96.3 cm³/mol. The van der Waals surface area contributed by atoms with Gasteiger partial charge in [-0.3, -0.25) is 4.79 Å². The van der Waals surface area contributed by atoms with Gasteiger partial charge in [-0.05, 0) is 80.8 Å². The van der Waals surface area contributed by atoms with E-state index in [0.29, 0.717) is 24.8 Å². The van der Waals surface area contributed by atoms with Crippen LogP contribution in [0.2, 0.25) is 0 Å². The molecular formula is C18H24BFO4S. The highest BCUT2D eigenvalue weighted by Crippen LogP contribution is 2.45. The molecule has 2 heterocycles. The molecule has 1 aliphatic heterocycles. The highest BCUT2D eigenvalue weighted by molar-refractivity contribution is 7.08. The van der Waals surface area contributed by atoms with E-state index in [9.17, 15) is 14.3 Å². The number of carbonyl (C=O) groups is 1. The molecule has 0 spiro atoms. The third kappa shape index (κ3) is 3.55. The Labute approximate surface area is 152 Å². The third-order valence-electron chi connectivity index (χ3n) is 5.68. The molecule has 136 valence electrons. The molecule has 1 unspecified atom stereocenters. The van der Waals surface area contributed by atoms with Gasteiger partial charge in [0.1, 0.15) is 5.73 Å². The van der Waals surface area contributed by atoms with E-state index >= 15 is 0 Å². The summed E-state index contributed by atoms with van der Waals surface area (Å²) in [7, 11) is -0.951. The third-order valence-corrected chi connectivity index (χ3v) is 6.38. The van der Waals surface area contributed by atoms with Gasteiger partial charge in [0, 0.05) is 0 Å². The summed E-state index contributed by atoms with van der Waals surface area (Å²) in [6.07, 6.45) is 1.68. The Morgan fingerprint density at radius 3 is 2.44 bits per heavy atom. The minimum absolute atomic E-state index is 0.184. The molecule has 0 bridgehead atoms. The van der Waals surface area contributed by atoms with Crippen molar-refractivity contribution in [2.75, 3.05) is 0 Å². The van der Waals surface area contributed by atoms with E-state index in [1.807, 2.05) is 44.5 Å². The quantitative estimate of drug-likeness (QED) is 0.776. The van der Waals surface area contributed by atoms with Crippen LogP contribution in [0.15, 0.2) is 28.1 Å². The van der Waals surface area contributed by atoms with E-state index < -0.39 is 30.2 Å². The van der Waals surface area contributed by atoms with Gasteiger partial charge in [0.05, 0.1) is 17.1 Å². The Balaban J connectivity index is 1.62. The molecule has 2 aliphatic rings. The van der Waals surface area contributed by atoms with Crippen molar-refractivity contribution < 1.29 is 23.6 Å². The summed E-state index contributed by atoms with van der Waals surface area (Å²) in [6.45, 7) is 7.58. The number of allylic oxidation sites excluding steroid dienone is 1. The number of rotatable bonds is 5. The molecular weight excluding hydrogens is 342 g/mol. The van der Waals surface area contributed by atoms with Crippen molar-refractivity contribution >= 4 is 24.4 Å². The van der Waals surface area contributed by atoms with E-state index in [2.05, 4.69) is 0 Å². The Hall–Kier alpha value is -1.18. The maximum atomic E-state index is 14.7. The second-order valence-electron chi connectivity index (χ2n) is 8.00. The van der Waals surface area contributed by atoms with Crippen LogP contribution in [-0.4, -0.2) is 29.4 Å². The summed E-state index contributed by atoms with van der Waals surface area (Å²) >= 11 is 1.49. The lowest BCUT2D eigenvalue weighted by Gasteiger charge is -2.32. The molecule has 3 rings (SSSR count). The fourth-order valence-corrected chi connectivity index (χ4v) is 4.01. The molecule has 0 amide bonds. The first kappa shape index (κ1) is 18.6. The molecule has 1 aliphatic carbocycles. The Kier molecular flexibility index (Phi) is 4.86. The molecule has 2 fully saturated rings. The first-order chi connectivity index (χ1) is 11.6. The fraction of sp³-hybridized carbons (Fsp3) is 0.611. The summed E-state index contributed by atoms with van der Waals surface area (Å²) in [5.41, 5.74) is 0.0645. The maximum absolute atomic E-state index is 14.7. The highest BCUT2D eigenvalue weighted by Gasteiger charge is 2.54. The van der Waals surface area contributed by atoms with Gasteiger partial charge in [0.2, 0.25) is 0 Å². The second kappa shape index (κ2) is 6.52. The highest BCUT2D eigenvalue weighted by atomic mass is 32.1. The van der Waals surface area contributed by atoms with E-state index in [1.54, 1.807) is 0 Å². The van der Waals surface area contributed by atoms with Crippen LogP contribution >= 0.6 is 11.3 Å². The predicted octanol–water partition coefficient (Wildman–Crippen LogP) is 4.57. The molecule has 7 heteroatoms. The van der Waals surface area contributed by atoms with Gasteiger partial charge in [-0.1, -0.05) is 0 Å². The molecule has 1 N–H and O–H groups in total. The minimum Gasteiger partial charge on any atom is -0.481 e. The van der Waals surface area contributed by atoms with Crippen LogP contribution in [0.1, 0.15) is 58.4 Å². The molecule has 1 aromatic heterocycles. The minimum atomic E-state index is -0.951. The van der Waals surface area contributed by atoms with E-state index in [0.717, 1.165) is 5.56 Å². The Bertz CT molecular complexity index is 659. The van der Waals surface area contributed by atoms with Gasteiger partial charge in [0.25, 0.3) is 0 Å². The van der Waals surface area contributed by atoms with Crippen LogP contribution in [0.25, 0.3) is 0 Å². The van der Waals surface area contributed by atoms with Gasteiger partial charge >= 0.3 is 13.1 Å². The van der Waals surface area contributed by atoms with Crippen molar-refractivity contribution in [1.29, 1.82) is 0 Å². The van der Waals surface area contributed by atoms with Crippen molar-refractivity contribution in [3.63, 3.8) is 0 Å². The van der Waals surface area contributed by atoms with Gasteiger partial charge in [0.15, 0.2) is 0 Å². The number of carboxylic acids is 1. The topological polar surface area (TPSA) is 55.8 Å². The average molecular weight is 366 g/mol. The molecule has 1 aromatic rings. The van der Waals surface area contributed by atoms with Crippen molar-refractivity contribution in [3.05, 3.63) is 33.7 Å². The normalized spacial score (nSPS) is 25.6. The molecule has 1 atom stereocenters. The summed E-state index contributed by atoms with van der Waals surface area (Å²) in [5, 5.41) is 13.2. The maximum Gasteiger partial charge on any atom is 0.525 e. The monoisotopic (exact) mass is 366 g/mol. The van der Waals surface area contributed by atoms with Crippen molar-refractivity contribution in [2.24, 2.45) is 5.92 Å². The number of hydrogen-bond acceptors (Lipinski definition) is 4. The van der Waals surface area contributed by atoms with Gasteiger partial charge in [-0.25, -0.2) is 4.39 Å². The van der Waals surface area contributed by atoms with E-state index in [4.69, 9.17) is 9.31 Å². The zero-order chi connectivity index (χ0) is 18.4. The van der Waals surface area contributed by atoms with Gasteiger partial charge in [-0.15, -0.1) is 0 Å². The Morgan fingerprint density at radius 1 is 1.36 bits per heavy atom. The molecule has 25 heavy (non-hydrogen) atoms. The van der Waals surface area contributed by atoms with Crippen LogP contribution in [-0.2, 0) is 14.1 Å². The molecule has 0 aromatic carbocycles. The largest absolute Gasteiger partial charge is 0.525 e. The smallest absolute Gasteiger partial charge is 0.481 e. The summed E-state index contributed by atoms with van der Waals surface area (Å²) < 4.78 is 26.2. The lowest BCUT2D eigenvalue weighted by molar-refractivity contribution is -0.139. The zero-order valence-corrected chi connectivity index (χ0v) is 15.9. The van der Waals surface area contributed by atoms with Crippen molar-refractivity contribution in [1.82, 2.24) is 0 Å². The Morgan fingerprint density at radius 2 is 1.96 bits per heavy atom. The standard InChI is InChI=1S/C18H24BFO4S/c1-17(2)18(3,4)24-19(23-17)15(20)13-7-11(8-13)9-14(16(21)22)12-5-6-25-10-12/h5-6,10-11,14H,7-9H2,1-4H3,(H,21,22). The summed E-state index contributed by atoms with van der Waals surface area (Å²) in [4.78, 5) is 11.5. The molecule has 4 nitrogen and oxygen atoms in total. The van der Waals surface area contributed by atoms with Crippen LogP contribution in [0, 0.1) is 5.92 Å². The summed E-state index contributed by atoms with van der Waals surface area (Å²) in [6, 6.07) is 1.85. The van der Waals surface area contributed by atoms with Crippen LogP contribution in [0.5, 0.6) is 0 Å². The van der Waals surface area contributed by atoms with Crippen LogP contribution in [0.3, 0.4) is 0 Å². The summed E-state index contributed by atoms with van der Waals surface area (Å²) in [5.74, 6) is -1.15. The van der Waals surface area contributed by atoms with E-state index in [1.165, 1.54) is 11.3 Å². The number of thiophene rings is 1. The number of carboxylic acid groups (broad SMARTS) is 1. The second-order valence-corrected chi connectivity index (χ2v) is 8.78. The van der Waals surface area contributed by atoms with Crippen molar-refractivity contribution in [2.45, 2.75) is 64.1 Å². The fourth-order valence-electron chi connectivity index (χ4n) is 3.30. The number of hydrogen-bond donors (Lipinski definition) is 1. The average Bonchev–Trinajstić information content (AvgIpc) is 3.03. The number of aliphatic carboxylic acids is 1. The SMILES string of the molecule is CC1(C)OB(C(F)=C2CC(CC(C(=O)O)c3ccsc3)C2)OC1(C)C. The first-order valence-corrected chi connectivity index (χ1v) is 9.53. The molecule has 1 saturated carbocycles. The van der Waals surface area contributed by atoms with Crippen LogP contribution in [0.4, 0.5) is 4.39 Å². The lowest BCUT2D eigenvalue weighted by Crippen LogP contribution is -2.41.